The number of carbonyl (C=O) groups excluding carboxylic acids is 1. The Labute approximate surface area is 153 Å². The molecule has 0 bridgehead atoms. The molecule has 1 N–H and O–H groups in total. The lowest BCUT2D eigenvalue weighted by molar-refractivity contribution is -0.116. The highest BCUT2D eigenvalue weighted by molar-refractivity contribution is 7.91. The number of carbonyl (C=O) groups is 1. The van der Waals surface area contributed by atoms with Gasteiger partial charge in [0.15, 0.2) is 9.84 Å². The van der Waals surface area contributed by atoms with E-state index < -0.39 is 9.84 Å². The van der Waals surface area contributed by atoms with Gasteiger partial charge in [-0.15, -0.1) is 0 Å². The highest BCUT2D eigenvalue weighted by Gasteiger charge is 2.28. The number of amides is 1. The van der Waals surface area contributed by atoms with Crippen LogP contribution in [-0.2, 0) is 21.2 Å². The average molecular weight is 371 g/mol. The molecular formula is C20H21NO4S. The molecule has 3 rings (SSSR count). The molecule has 1 amide bonds. The average Bonchev–Trinajstić information content (AvgIpc) is 2.98. The van der Waals surface area contributed by atoms with Crippen molar-refractivity contribution in [1.82, 2.24) is 5.32 Å². The summed E-state index contributed by atoms with van der Waals surface area (Å²) in [4.78, 5) is 11.9. The van der Waals surface area contributed by atoms with Crippen molar-refractivity contribution in [2.45, 2.75) is 19.1 Å². The van der Waals surface area contributed by atoms with Crippen LogP contribution in [-0.4, -0.2) is 31.9 Å². The molecule has 1 fully saturated rings. The predicted octanol–water partition coefficient (Wildman–Crippen LogP) is 2.58. The zero-order valence-electron chi connectivity index (χ0n) is 14.3. The quantitative estimate of drug-likeness (QED) is 0.792. The molecule has 5 nitrogen and oxygen atoms in total. The van der Waals surface area contributed by atoms with Crippen molar-refractivity contribution < 1.29 is 17.9 Å². The molecule has 1 aliphatic rings. The first kappa shape index (κ1) is 18.2. The predicted molar refractivity (Wildman–Crippen MR) is 101 cm³/mol. The van der Waals surface area contributed by atoms with Gasteiger partial charge in [0.25, 0.3) is 0 Å². The number of ether oxygens (including phenoxy) is 1. The van der Waals surface area contributed by atoms with Crippen molar-refractivity contribution in [3.63, 3.8) is 0 Å². The Morgan fingerprint density at radius 2 is 1.85 bits per heavy atom. The fourth-order valence-electron chi connectivity index (χ4n) is 2.75. The van der Waals surface area contributed by atoms with E-state index in [1.165, 1.54) is 6.08 Å². The van der Waals surface area contributed by atoms with Crippen LogP contribution in [0.5, 0.6) is 5.75 Å². The Hall–Kier alpha value is -2.60. The Morgan fingerprint density at radius 3 is 2.50 bits per heavy atom. The van der Waals surface area contributed by atoms with Gasteiger partial charge >= 0.3 is 0 Å². The lowest BCUT2D eigenvalue weighted by Gasteiger charge is -2.08. The van der Waals surface area contributed by atoms with E-state index in [1.54, 1.807) is 6.08 Å². The van der Waals surface area contributed by atoms with Crippen molar-refractivity contribution >= 4 is 21.8 Å². The number of hydrogen-bond acceptors (Lipinski definition) is 4. The SMILES string of the molecule is O=C(C=Cc1ccc(OCc2ccccc2)cc1)NC1CCS(=O)(=O)C1. The molecule has 26 heavy (non-hydrogen) atoms. The van der Waals surface area contributed by atoms with Gasteiger partial charge in [-0.25, -0.2) is 8.42 Å². The molecule has 1 aliphatic heterocycles. The summed E-state index contributed by atoms with van der Waals surface area (Å²) in [6, 6.07) is 17.1. The lowest BCUT2D eigenvalue weighted by atomic mass is 10.2. The van der Waals surface area contributed by atoms with Crippen molar-refractivity contribution in [2.75, 3.05) is 11.5 Å². The molecule has 0 radical (unpaired) electrons. The summed E-state index contributed by atoms with van der Waals surface area (Å²) >= 11 is 0. The van der Waals surface area contributed by atoms with Crippen molar-refractivity contribution in [2.24, 2.45) is 0 Å². The second-order valence-corrected chi connectivity index (χ2v) is 8.51. The first-order valence-electron chi connectivity index (χ1n) is 8.46. The second kappa shape index (κ2) is 8.19. The molecule has 2 aromatic rings. The van der Waals surface area contributed by atoms with Gasteiger partial charge in [0.05, 0.1) is 11.5 Å². The second-order valence-electron chi connectivity index (χ2n) is 6.29. The first-order valence-corrected chi connectivity index (χ1v) is 10.3. The molecule has 0 saturated carbocycles. The number of nitrogens with one attached hydrogen (secondary N) is 1. The third kappa shape index (κ3) is 5.46. The van der Waals surface area contributed by atoms with Gasteiger partial charge in [-0.05, 0) is 35.8 Å². The maximum Gasteiger partial charge on any atom is 0.244 e. The number of hydrogen-bond donors (Lipinski definition) is 1. The summed E-state index contributed by atoms with van der Waals surface area (Å²) in [5, 5.41) is 2.72. The Bertz CT molecular complexity index is 874. The maximum absolute atomic E-state index is 11.9. The monoisotopic (exact) mass is 371 g/mol. The van der Waals surface area contributed by atoms with Crippen molar-refractivity contribution in [1.29, 1.82) is 0 Å². The molecule has 2 aromatic carbocycles. The topological polar surface area (TPSA) is 72.5 Å². The van der Waals surface area contributed by atoms with E-state index in [0.29, 0.717) is 13.0 Å². The van der Waals surface area contributed by atoms with Crippen molar-refractivity contribution in [3.8, 4) is 5.75 Å². The van der Waals surface area contributed by atoms with E-state index in [9.17, 15) is 13.2 Å². The van der Waals surface area contributed by atoms with Crippen molar-refractivity contribution in [3.05, 3.63) is 71.8 Å². The van der Waals surface area contributed by atoms with Gasteiger partial charge < -0.3 is 10.1 Å². The largest absolute Gasteiger partial charge is 0.489 e. The normalized spacial score (nSPS) is 18.7. The van der Waals surface area contributed by atoms with Gasteiger partial charge in [-0.2, -0.15) is 0 Å². The number of sulfone groups is 1. The summed E-state index contributed by atoms with van der Waals surface area (Å²) in [7, 11) is -2.99. The van der Waals surface area contributed by atoms with Crippen LogP contribution in [0.25, 0.3) is 6.08 Å². The van der Waals surface area contributed by atoms with Crippen LogP contribution in [0.2, 0.25) is 0 Å². The van der Waals surface area contributed by atoms with E-state index in [-0.39, 0.29) is 23.5 Å². The first-order chi connectivity index (χ1) is 12.5. The summed E-state index contributed by atoms with van der Waals surface area (Å²) in [5.41, 5.74) is 1.97. The molecule has 1 saturated heterocycles. The van der Waals surface area contributed by atoms with E-state index in [0.717, 1.165) is 16.9 Å². The summed E-state index contributed by atoms with van der Waals surface area (Å²) in [5.74, 6) is 0.648. The van der Waals surface area contributed by atoms with Crippen LogP contribution in [0, 0.1) is 0 Å². The molecule has 1 heterocycles. The molecule has 1 unspecified atom stereocenters. The van der Waals surface area contributed by atoms with Crippen LogP contribution in [0.4, 0.5) is 0 Å². The van der Waals surface area contributed by atoms with Gasteiger partial charge in [-0.3, -0.25) is 4.79 Å². The van der Waals surface area contributed by atoms with E-state index >= 15 is 0 Å². The third-order valence-corrected chi connectivity index (χ3v) is 5.90. The minimum absolute atomic E-state index is 0.0278. The number of rotatable bonds is 6. The standard InChI is InChI=1S/C20H21NO4S/c22-20(21-18-12-13-26(23,24)15-18)11-8-16-6-9-19(10-7-16)25-14-17-4-2-1-3-5-17/h1-11,18H,12-15H2,(H,21,22). The Kier molecular flexibility index (Phi) is 5.73. The molecule has 6 heteroatoms. The molecule has 0 aromatic heterocycles. The van der Waals surface area contributed by atoms with Crippen LogP contribution >= 0.6 is 0 Å². The smallest absolute Gasteiger partial charge is 0.244 e. The highest BCUT2D eigenvalue weighted by atomic mass is 32.2. The molecular weight excluding hydrogens is 350 g/mol. The fraction of sp³-hybridized carbons (Fsp3) is 0.250. The summed E-state index contributed by atoms with van der Waals surface area (Å²) in [6.07, 6.45) is 3.60. The zero-order valence-corrected chi connectivity index (χ0v) is 15.1. The van der Waals surface area contributed by atoms with E-state index in [1.807, 2.05) is 54.6 Å². The Balaban J connectivity index is 1.49. The minimum atomic E-state index is -2.99. The minimum Gasteiger partial charge on any atom is -0.489 e. The summed E-state index contributed by atoms with van der Waals surface area (Å²) in [6.45, 7) is 0.503. The maximum atomic E-state index is 11.9. The van der Waals surface area contributed by atoms with E-state index in [2.05, 4.69) is 5.32 Å². The Morgan fingerprint density at radius 1 is 1.12 bits per heavy atom. The van der Waals surface area contributed by atoms with Gasteiger partial charge in [0, 0.05) is 12.1 Å². The van der Waals surface area contributed by atoms with Crippen LogP contribution < -0.4 is 10.1 Å². The van der Waals surface area contributed by atoms with Crippen LogP contribution in [0.1, 0.15) is 17.5 Å². The van der Waals surface area contributed by atoms with E-state index in [4.69, 9.17) is 4.74 Å². The van der Waals surface area contributed by atoms with Crippen LogP contribution in [0.3, 0.4) is 0 Å². The van der Waals surface area contributed by atoms with Gasteiger partial charge in [0.1, 0.15) is 12.4 Å². The van der Waals surface area contributed by atoms with Gasteiger partial charge in [-0.1, -0.05) is 42.5 Å². The summed E-state index contributed by atoms with van der Waals surface area (Å²) < 4.78 is 28.5. The molecule has 0 aliphatic carbocycles. The molecule has 136 valence electrons. The fourth-order valence-corrected chi connectivity index (χ4v) is 4.42. The molecule has 0 spiro atoms. The van der Waals surface area contributed by atoms with Crippen LogP contribution in [0.15, 0.2) is 60.7 Å². The zero-order chi connectivity index (χ0) is 18.4. The third-order valence-electron chi connectivity index (χ3n) is 4.13. The van der Waals surface area contributed by atoms with Gasteiger partial charge in [0.2, 0.25) is 5.91 Å². The highest BCUT2D eigenvalue weighted by Crippen LogP contribution is 2.15. The number of benzene rings is 2. The lowest BCUT2D eigenvalue weighted by Crippen LogP contribution is -2.34. The molecule has 1 atom stereocenters.